The quantitative estimate of drug-likeness (QED) is 0.415. The zero-order valence-corrected chi connectivity index (χ0v) is 18.7. The van der Waals surface area contributed by atoms with E-state index in [4.69, 9.17) is 0 Å². The predicted octanol–water partition coefficient (Wildman–Crippen LogP) is 5.19. The second kappa shape index (κ2) is 9.69. The first-order chi connectivity index (χ1) is 14.7. The minimum Gasteiger partial charge on any atom is -0.360 e. The Morgan fingerprint density at radius 3 is 2.90 bits per heavy atom. The van der Waals surface area contributed by atoms with Gasteiger partial charge in [0.25, 0.3) is 0 Å². The Bertz CT molecular complexity index is 991. The van der Waals surface area contributed by atoms with Crippen LogP contribution in [0.5, 0.6) is 0 Å². The molecule has 2 heterocycles. The molecule has 0 unspecified atom stereocenters. The van der Waals surface area contributed by atoms with Crippen LogP contribution >= 0.6 is 11.8 Å². The highest BCUT2D eigenvalue weighted by Gasteiger charge is 2.31. The highest BCUT2D eigenvalue weighted by Crippen LogP contribution is 2.42. The van der Waals surface area contributed by atoms with Crippen LogP contribution in [0.25, 0.3) is 22.3 Å². The summed E-state index contributed by atoms with van der Waals surface area (Å²) in [6.07, 6.45) is 9.02. The van der Waals surface area contributed by atoms with Gasteiger partial charge in [-0.2, -0.15) is 0 Å². The second-order valence-electron chi connectivity index (χ2n) is 8.16. The summed E-state index contributed by atoms with van der Waals surface area (Å²) in [5.41, 5.74) is 2.17. The lowest BCUT2D eigenvalue weighted by Gasteiger charge is -2.15. The van der Waals surface area contributed by atoms with Crippen molar-refractivity contribution in [3.05, 3.63) is 30.5 Å². The smallest absolute Gasteiger partial charge is 0.230 e. The van der Waals surface area contributed by atoms with Crippen LogP contribution in [-0.2, 0) is 4.79 Å². The van der Waals surface area contributed by atoms with E-state index in [-0.39, 0.29) is 5.91 Å². The van der Waals surface area contributed by atoms with E-state index in [1.807, 2.05) is 18.3 Å². The monoisotopic (exact) mass is 425 g/mol. The molecule has 1 amide bonds. The summed E-state index contributed by atoms with van der Waals surface area (Å²) in [6, 6.07) is 8.69. The Kier molecular flexibility index (Phi) is 6.77. The number of hydrogen-bond acceptors (Lipinski definition) is 4. The summed E-state index contributed by atoms with van der Waals surface area (Å²) in [7, 11) is 0. The van der Waals surface area contributed by atoms with E-state index in [0.717, 1.165) is 53.3 Å². The molecule has 0 saturated heterocycles. The van der Waals surface area contributed by atoms with Crippen LogP contribution in [0.4, 0.5) is 0 Å². The summed E-state index contributed by atoms with van der Waals surface area (Å²) in [5.74, 6) is 1.92. The minimum absolute atomic E-state index is 0.0777. The molecule has 2 aromatic heterocycles. The van der Waals surface area contributed by atoms with Crippen molar-refractivity contribution in [2.24, 2.45) is 5.92 Å². The molecule has 1 aromatic carbocycles. The maximum Gasteiger partial charge on any atom is 0.230 e. The van der Waals surface area contributed by atoms with Gasteiger partial charge in [-0.15, -0.1) is 10.2 Å². The molecule has 1 aliphatic carbocycles. The predicted molar refractivity (Wildman–Crippen MR) is 123 cm³/mol. The van der Waals surface area contributed by atoms with Gasteiger partial charge in [0, 0.05) is 35.2 Å². The lowest BCUT2D eigenvalue weighted by molar-refractivity contribution is -0.118. The van der Waals surface area contributed by atoms with Crippen LogP contribution in [0.2, 0.25) is 0 Å². The second-order valence-corrected chi connectivity index (χ2v) is 9.11. The SMILES string of the molecule is CCCC[C@H](CC)CNC(=O)CSc1nnc(-c2c[nH]c3ccccc23)n1C1CC1. The van der Waals surface area contributed by atoms with E-state index < -0.39 is 0 Å². The van der Waals surface area contributed by atoms with Gasteiger partial charge in [-0.1, -0.05) is 63.1 Å². The molecule has 3 aromatic rings. The van der Waals surface area contributed by atoms with Gasteiger partial charge in [0.05, 0.1) is 5.75 Å². The van der Waals surface area contributed by atoms with Gasteiger partial charge in [-0.25, -0.2) is 0 Å². The third-order valence-electron chi connectivity index (χ3n) is 5.87. The Balaban J connectivity index is 1.42. The normalized spacial score (nSPS) is 14.9. The van der Waals surface area contributed by atoms with Crippen LogP contribution in [0.3, 0.4) is 0 Å². The number of aromatic amines is 1. The lowest BCUT2D eigenvalue weighted by atomic mass is 9.99. The van der Waals surface area contributed by atoms with Crippen molar-refractivity contribution in [2.45, 2.75) is 63.6 Å². The number of unbranched alkanes of at least 4 members (excludes halogenated alkanes) is 1. The number of aromatic nitrogens is 4. The first kappa shape index (κ1) is 21.0. The fourth-order valence-corrected chi connectivity index (χ4v) is 4.70. The number of nitrogens with zero attached hydrogens (tertiary/aromatic N) is 3. The number of rotatable bonds is 11. The number of fused-ring (bicyclic) bond motifs is 1. The molecule has 0 spiro atoms. The number of para-hydroxylation sites is 1. The van der Waals surface area contributed by atoms with Crippen LogP contribution in [0, 0.1) is 5.92 Å². The largest absolute Gasteiger partial charge is 0.360 e. The average Bonchev–Trinajstić information content (AvgIpc) is 3.38. The summed E-state index contributed by atoms with van der Waals surface area (Å²) in [5, 5.41) is 14.1. The van der Waals surface area contributed by atoms with Crippen LogP contribution in [0.1, 0.15) is 58.4 Å². The third kappa shape index (κ3) is 4.72. The molecule has 0 aliphatic heterocycles. The summed E-state index contributed by atoms with van der Waals surface area (Å²) < 4.78 is 2.23. The van der Waals surface area contributed by atoms with Gasteiger partial charge in [0.15, 0.2) is 11.0 Å². The first-order valence-electron chi connectivity index (χ1n) is 11.1. The molecule has 1 saturated carbocycles. The van der Waals surface area contributed by atoms with Gasteiger partial charge in [-0.3, -0.25) is 9.36 Å². The third-order valence-corrected chi connectivity index (χ3v) is 6.81. The van der Waals surface area contributed by atoms with E-state index in [1.165, 1.54) is 31.0 Å². The molecule has 30 heavy (non-hydrogen) atoms. The molecule has 0 radical (unpaired) electrons. The van der Waals surface area contributed by atoms with E-state index in [1.54, 1.807) is 0 Å². The number of thioether (sulfide) groups is 1. The number of H-pyrrole nitrogens is 1. The van der Waals surface area contributed by atoms with Crippen molar-refractivity contribution in [2.75, 3.05) is 12.3 Å². The highest BCUT2D eigenvalue weighted by molar-refractivity contribution is 7.99. The Hall–Kier alpha value is -2.28. The zero-order chi connectivity index (χ0) is 20.9. The molecule has 1 aliphatic rings. The fraction of sp³-hybridized carbons (Fsp3) is 0.522. The molecular formula is C23H31N5OS. The van der Waals surface area contributed by atoms with Crippen molar-refractivity contribution < 1.29 is 4.79 Å². The van der Waals surface area contributed by atoms with Gasteiger partial charge < -0.3 is 10.3 Å². The van der Waals surface area contributed by atoms with Gasteiger partial charge in [-0.05, 0) is 31.2 Å². The number of benzene rings is 1. The number of nitrogens with one attached hydrogen (secondary N) is 2. The number of hydrogen-bond donors (Lipinski definition) is 2. The molecular weight excluding hydrogens is 394 g/mol. The van der Waals surface area contributed by atoms with E-state index in [2.05, 4.69) is 51.0 Å². The molecule has 1 fully saturated rings. The Labute approximate surface area is 182 Å². The Morgan fingerprint density at radius 1 is 1.30 bits per heavy atom. The summed E-state index contributed by atoms with van der Waals surface area (Å²) in [4.78, 5) is 15.8. The Morgan fingerprint density at radius 2 is 2.13 bits per heavy atom. The van der Waals surface area contributed by atoms with Crippen molar-refractivity contribution in [3.63, 3.8) is 0 Å². The van der Waals surface area contributed by atoms with E-state index >= 15 is 0 Å². The maximum absolute atomic E-state index is 12.4. The molecule has 6 nitrogen and oxygen atoms in total. The van der Waals surface area contributed by atoms with E-state index in [9.17, 15) is 4.79 Å². The maximum atomic E-state index is 12.4. The van der Waals surface area contributed by atoms with Crippen molar-refractivity contribution >= 4 is 28.6 Å². The molecule has 7 heteroatoms. The van der Waals surface area contributed by atoms with Gasteiger partial charge in [0.2, 0.25) is 5.91 Å². The number of carbonyl (C=O) groups excluding carboxylic acids is 1. The summed E-state index contributed by atoms with van der Waals surface area (Å²) in [6.45, 7) is 5.18. The summed E-state index contributed by atoms with van der Waals surface area (Å²) >= 11 is 1.49. The number of amides is 1. The van der Waals surface area contributed by atoms with Gasteiger partial charge >= 0.3 is 0 Å². The fourth-order valence-electron chi connectivity index (χ4n) is 3.86. The van der Waals surface area contributed by atoms with Crippen LogP contribution in [0.15, 0.2) is 35.6 Å². The molecule has 2 N–H and O–H groups in total. The van der Waals surface area contributed by atoms with Crippen molar-refractivity contribution in [3.8, 4) is 11.4 Å². The number of carbonyl (C=O) groups is 1. The van der Waals surface area contributed by atoms with Gasteiger partial charge in [0.1, 0.15) is 0 Å². The molecule has 4 rings (SSSR count). The topological polar surface area (TPSA) is 75.6 Å². The van der Waals surface area contributed by atoms with E-state index in [0.29, 0.717) is 17.7 Å². The highest BCUT2D eigenvalue weighted by atomic mass is 32.2. The van der Waals surface area contributed by atoms with Crippen molar-refractivity contribution in [1.82, 2.24) is 25.1 Å². The van der Waals surface area contributed by atoms with Crippen molar-refractivity contribution in [1.29, 1.82) is 0 Å². The molecule has 1 atom stereocenters. The van der Waals surface area contributed by atoms with Crippen LogP contribution < -0.4 is 5.32 Å². The van der Waals surface area contributed by atoms with Crippen LogP contribution in [-0.4, -0.2) is 38.0 Å². The lowest BCUT2D eigenvalue weighted by Crippen LogP contribution is -2.30. The molecule has 0 bridgehead atoms. The average molecular weight is 426 g/mol. The molecule has 160 valence electrons. The minimum atomic E-state index is 0.0777. The first-order valence-corrected chi connectivity index (χ1v) is 12.1. The zero-order valence-electron chi connectivity index (χ0n) is 17.9. The standard InChI is InChI=1S/C23H31N5OS/c1-3-5-8-16(4-2)13-25-21(29)15-30-23-27-26-22(28(23)17-11-12-17)19-14-24-20-10-7-6-9-18(19)20/h6-7,9-10,14,16-17,24H,3-5,8,11-13,15H2,1-2H3,(H,25,29)/t16-/m0/s1.